The highest BCUT2D eigenvalue weighted by molar-refractivity contribution is 8.21. The van der Waals surface area contributed by atoms with Crippen LogP contribution in [-0.4, -0.2) is 165 Å². The molecule has 0 amide bonds. The number of thioether (sulfide) groups is 13. The molecule has 0 spiro atoms. The van der Waals surface area contributed by atoms with Gasteiger partial charge < -0.3 is 14.6 Å². The largest absolute Gasteiger partial charge is 0.862 e. The molecule has 0 aliphatic rings. The number of unbranched alkanes of at least 4 members (excludes halogenated alkanes) is 7. The van der Waals surface area contributed by atoms with Gasteiger partial charge in [0.2, 0.25) is 0 Å². The number of allylic oxidation sites excluding steroid dienone is 12. The first kappa shape index (κ1) is 131. The van der Waals surface area contributed by atoms with E-state index in [1.165, 1.54) is 148 Å². The molecule has 18 heteroatoms. The molecule has 0 heterocycles. The highest BCUT2D eigenvalue weighted by atomic mass is 32.2. The number of ketones is 1. The van der Waals surface area contributed by atoms with Gasteiger partial charge in [-0.05, 0) is 227 Å². The van der Waals surface area contributed by atoms with Gasteiger partial charge in [0.1, 0.15) is 0 Å². The van der Waals surface area contributed by atoms with Crippen LogP contribution in [0.3, 0.4) is 0 Å². The molecule has 0 aliphatic carbocycles. The van der Waals surface area contributed by atoms with Crippen LogP contribution in [-0.2, 0) is 20.7 Å². The molecule has 5 nitrogen and oxygen atoms in total. The third-order valence-corrected chi connectivity index (χ3v) is 23.1. The summed E-state index contributed by atoms with van der Waals surface area (Å²) in [6, 6.07) is 8.58. The van der Waals surface area contributed by atoms with Crippen LogP contribution in [0.2, 0.25) is 0 Å². The van der Waals surface area contributed by atoms with Crippen molar-refractivity contribution in [2.75, 3.05) is 143 Å². The van der Waals surface area contributed by atoms with Gasteiger partial charge in [-0.15, -0.1) is 58.8 Å². The maximum Gasteiger partial charge on any atom is 0.158 e. The molecule has 2 unspecified atom stereocenters. The third kappa shape index (κ3) is 141. The van der Waals surface area contributed by atoms with E-state index in [4.69, 9.17) is 5.48 Å². The zero-order chi connectivity index (χ0) is 83.4. The first-order valence-corrected chi connectivity index (χ1v) is 51.8. The minimum atomic E-state index is -1.80. The van der Waals surface area contributed by atoms with Crippen molar-refractivity contribution >= 4 is 165 Å². The Labute approximate surface area is 719 Å². The second kappa shape index (κ2) is 136. The van der Waals surface area contributed by atoms with Gasteiger partial charge in [-0.1, -0.05) is 235 Å². The van der Waals surface area contributed by atoms with E-state index in [1.807, 2.05) is 172 Å². The van der Waals surface area contributed by atoms with Crippen molar-refractivity contribution in [1.82, 2.24) is 0 Å². The molecule has 0 fully saturated rings. The first-order chi connectivity index (χ1) is 49.3. The average Bonchev–Trinajstić information content (AvgIpc) is 0.833. The van der Waals surface area contributed by atoms with Crippen LogP contribution in [0, 0.1) is 6.92 Å². The van der Waals surface area contributed by atoms with E-state index in [9.17, 15) is 9.90 Å². The quantitative estimate of drug-likeness (QED) is 0.0273. The fourth-order valence-corrected chi connectivity index (χ4v) is 13.5. The van der Waals surface area contributed by atoms with Gasteiger partial charge in [0.25, 0.3) is 0 Å². The lowest BCUT2D eigenvalue weighted by Gasteiger charge is -2.16. The molecule has 1 rings (SSSR count). The zero-order valence-corrected chi connectivity index (χ0v) is 81.3. The maximum absolute atomic E-state index is 11.7. The number of rotatable bonds is 38. The topological polar surface area (TPSA) is 71.0 Å². The molecule has 2 atom stereocenters. The molecule has 0 radical (unpaired) electrons. The summed E-state index contributed by atoms with van der Waals surface area (Å²) >= 11 is 21.7. The van der Waals surface area contributed by atoms with Crippen molar-refractivity contribution in [1.29, 1.82) is 0 Å². The Balaban J connectivity index is -0.0000000610. The number of benzene rings is 1. The Morgan fingerprint density at radius 1 is 0.529 bits per heavy atom. The molecule has 0 saturated heterocycles. The van der Waals surface area contributed by atoms with Gasteiger partial charge in [-0.25, -0.2) is 0 Å². The zero-order valence-electron chi connectivity index (χ0n) is 74.7. The molecule has 0 saturated carbocycles. The number of carbonyl (C=O) groups is 1. The Hall–Kier alpha value is 0.750. The summed E-state index contributed by atoms with van der Waals surface area (Å²) in [5.41, 5.74) is 2.71. The number of hydrogen-bond acceptors (Lipinski definition) is 18. The minimum absolute atomic E-state index is 0. The standard InChI is InChI=1S/C10H18S3.C10H14.C9H18OS2.C7H12.C7H16.C6H11NO.C6H14.C6H10.C5H12S2.C4H10O2.2C4H10S2.C4H8S2.4CH4/c1-7(8(2)11-4)10(13-6)9(3)12-5;1-3-6-10-8-5-4-7-9(10)2;1-5-7(11-3)9(10)8(6-2)12-4;1-4-6-7(3)5-2;1-3-5-7-6-4-2;1-4-5(2)7-6(3)8;2*1-3-5-6-4-2;1-6-4-3-5-7-2;3*1-5-3-4-6-2;1-4(5-2)6-3;;;;/h1-6H3;4-5,7-8H,3,6H2,1-2H3;7-8H,5-6H2,1-4H3;4-6H,1-3H3;3-7H2,1-2H3;2,4H2,1,3H3,(H,7,8);3-6H2,1-2H3;3-6H,1-2H3;3-5H2,1-2H3;3*3-4H2,1-2H3;1H2,2-3H3;4*1H4/p-1/b8-7+,10-9-;;;6-4-,7-5-;;;;5-3-,6-4-;;;;;;;;;/i;;;;;;;;;;3D2,4D2;;;;;;. The highest BCUT2D eigenvalue weighted by Gasteiger charge is 2.22. The van der Waals surface area contributed by atoms with Crippen LogP contribution >= 0.6 is 153 Å². The lowest BCUT2D eigenvalue weighted by Crippen LogP contribution is -2.26. The number of nitrogens with zero attached hydrogens (tertiary/aromatic N) is 1. The number of aryl methyl sites for hydroxylation is 2. The first-order valence-electron chi connectivity index (χ1n) is 37.1. The van der Waals surface area contributed by atoms with Gasteiger partial charge in [0.15, 0.2) is 5.78 Å². The van der Waals surface area contributed by atoms with Crippen molar-refractivity contribution in [3.63, 3.8) is 0 Å². The lowest BCUT2D eigenvalue weighted by atomic mass is 10.1. The van der Waals surface area contributed by atoms with Crippen molar-refractivity contribution in [3.05, 3.63) is 127 Å². The highest BCUT2D eigenvalue weighted by Crippen LogP contribution is 2.34. The Kier molecular flexibility index (Phi) is 171. The molecule has 104 heavy (non-hydrogen) atoms. The van der Waals surface area contributed by atoms with Crippen LogP contribution < -0.4 is 5.11 Å². The Bertz CT molecular complexity index is 2040. The van der Waals surface area contributed by atoms with E-state index in [0.717, 1.165) is 42.8 Å². The van der Waals surface area contributed by atoms with Crippen LogP contribution in [0.15, 0.2) is 121 Å². The maximum atomic E-state index is 11.7. The second-order valence-corrected chi connectivity index (χ2v) is 32.8. The number of aliphatic imine (C=N–C) groups is 1. The summed E-state index contributed by atoms with van der Waals surface area (Å²) in [5.74, 6) is 5.47. The second-order valence-electron chi connectivity index (χ2n) is 20.6. The summed E-state index contributed by atoms with van der Waals surface area (Å²) < 4.78 is 39.3. The summed E-state index contributed by atoms with van der Waals surface area (Å²) in [5, 5.41) is 10.6. The van der Waals surface area contributed by atoms with Gasteiger partial charge in [-0.3, -0.25) is 9.79 Å². The summed E-state index contributed by atoms with van der Waals surface area (Å²) in [6.45, 7) is 46.2. The molecule has 1 aromatic rings. The molecule has 1 aromatic carbocycles. The van der Waals surface area contributed by atoms with E-state index >= 15 is 0 Å². The van der Waals surface area contributed by atoms with E-state index in [0.29, 0.717) is 24.7 Å². The summed E-state index contributed by atoms with van der Waals surface area (Å²) in [7, 11) is 3.30. The fourth-order valence-electron chi connectivity index (χ4n) is 6.21. The average molecular weight is 1710 g/mol. The number of carbonyl (C=O) groups excluding carboxylic acids is 1. The summed E-state index contributed by atoms with van der Waals surface area (Å²) in [6.07, 6.45) is 59.4. The molecule has 0 aromatic heterocycles. The normalized spacial score (nSPS) is 11.8. The van der Waals surface area contributed by atoms with Crippen molar-refractivity contribution < 1.29 is 24.9 Å². The van der Waals surface area contributed by atoms with Gasteiger partial charge >= 0.3 is 0 Å². The number of methoxy groups -OCH3 is 2. The molecular weight excluding hydrogens is 1530 g/mol. The lowest BCUT2D eigenvalue weighted by molar-refractivity contribution is -0.215. The molecular formula is C86H178NO4S13-. The van der Waals surface area contributed by atoms with Crippen LogP contribution in [0.4, 0.5) is 0 Å². The van der Waals surface area contributed by atoms with Gasteiger partial charge in [-0.2, -0.15) is 94.1 Å². The fraction of sp³-hybridized carbons (Fsp3) is 0.721. The molecule has 0 bridgehead atoms. The number of Topliss-reactive ketones (excluding diaryl/α,β-unsaturated/α-hetero) is 1. The van der Waals surface area contributed by atoms with E-state index in [-0.39, 0.29) is 46.1 Å². The predicted octanol–water partition coefficient (Wildman–Crippen LogP) is 31.8. The number of ether oxygens (including phenoxy) is 2. The predicted molar refractivity (Wildman–Crippen MR) is 539 cm³/mol. The Morgan fingerprint density at radius 3 is 1.13 bits per heavy atom. The minimum Gasteiger partial charge on any atom is -0.862 e. The van der Waals surface area contributed by atoms with Crippen LogP contribution in [0.25, 0.3) is 0 Å². The van der Waals surface area contributed by atoms with Crippen molar-refractivity contribution in [2.24, 2.45) is 4.99 Å². The molecule has 630 valence electrons. The summed E-state index contributed by atoms with van der Waals surface area (Å²) in [4.78, 5) is 19.5. The van der Waals surface area contributed by atoms with Gasteiger partial charge in [0.05, 0.1) is 23.7 Å². The van der Waals surface area contributed by atoms with Crippen molar-refractivity contribution in [3.8, 4) is 0 Å². The van der Waals surface area contributed by atoms with Crippen molar-refractivity contribution in [2.45, 2.75) is 261 Å². The monoisotopic (exact) mass is 1710 g/mol. The molecule has 0 N–H and O–H groups in total. The van der Waals surface area contributed by atoms with E-state index < -0.39 is 11.4 Å². The van der Waals surface area contributed by atoms with Crippen LogP contribution in [0.5, 0.6) is 0 Å². The third-order valence-electron chi connectivity index (χ3n) is 12.4. The molecule has 0 aliphatic heterocycles. The van der Waals surface area contributed by atoms with Gasteiger partial charge in [0, 0.05) is 57.5 Å². The smallest absolute Gasteiger partial charge is 0.158 e. The van der Waals surface area contributed by atoms with E-state index in [1.54, 1.807) is 73.8 Å². The number of hydrogen-bond donors (Lipinski definition) is 0. The van der Waals surface area contributed by atoms with Crippen LogP contribution in [0.1, 0.15) is 254 Å². The van der Waals surface area contributed by atoms with E-state index in [2.05, 4.69) is 191 Å². The SMILES string of the molecule is C.C.C.C.C/C=C\C(C)=C/C.C/C=C\C=C/C.C=C(CC)N=C(C)[O-].C=C(SC)SC.CCC(SC)C(=O)C(CC)SC.CCCCCC.CCCCCCC.CCCc1ccccc1C.COCCOC.CS/C(C)=C(SC)/C(C)=C(\C)SC.CSCCCSC.CSCCSC.[2H]C([2H])(SC)C([2H])([2H])SC. The Morgan fingerprint density at radius 2 is 0.913 bits per heavy atom.